The van der Waals surface area contributed by atoms with E-state index in [9.17, 15) is 29.9 Å². The largest absolute Gasteiger partial charge is 0.507 e. The van der Waals surface area contributed by atoms with E-state index in [1.165, 1.54) is 17.0 Å². The predicted octanol–water partition coefficient (Wildman–Crippen LogP) is -1.67. The van der Waals surface area contributed by atoms with Crippen LogP contribution in [0.5, 0.6) is 11.5 Å². The molecule has 3 atom stereocenters. The van der Waals surface area contributed by atoms with E-state index in [0.29, 0.717) is 12.0 Å². The number of aliphatic hydroxyl groups excluding tert-OH is 1. The number of carboxylic acid groups (broad SMARTS) is 1. The molecular weight excluding hydrogens is 359 g/mol. The molecule has 0 aromatic heterocycles. The lowest BCUT2D eigenvalue weighted by molar-refractivity contribution is -0.142. The fourth-order valence-corrected chi connectivity index (χ4v) is 3.28. The number of carboxylic acids is 1. The maximum atomic E-state index is 11.8. The van der Waals surface area contributed by atoms with E-state index in [4.69, 9.17) is 15.6 Å². The number of benzene rings is 1. The number of carbonyl (C=O) groups is 2. The fourth-order valence-electron chi connectivity index (χ4n) is 3.28. The van der Waals surface area contributed by atoms with Crippen LogP contribution in [0.2, 0.25) is 5.82 Å². The number of phenols is 1. The van der Waals surface area contributed by atoms with Crippen LogP contribution < -0.4 is 10.5 Å². The van der Waals surface area contributed by atoms with Crippen LogP contribution in [0.25, 0.3) is 0 Å². The van der Waals surface area contributed by atoms with Gasteiger partial charge in [0, 0.05) is 5.82 Å². The van der Waals surface area contributed by atoms with Crippen LogP contribution in [-0.4, -0.2) is 81.1 Å². The molecule has 2 aliphatic rings. The van der Waals surface area contributed by atoms with E-state index in [1.807, 2.05) is 0 Å². The van der Waals surface area contributed by atoms with Crippen molar-refractivity contribution in [2.75, 3.05) is 19.7 Å². The van der Waals surface area contributed by atoms with Crippen LogP contribution in [0.4, 0.5) is 0 Å². The second kappa shape index (κ2) is 7.35. The van der Waals surface area contributed by atoms with Gasteiger partial charge in [0.05, 0.1) is 19.7 Å². The summed E-state index contributed by atoms with van der Waals surface area (Å²) in [5, 5.41) is 47.1. The quantitative estimate of drug-likeness (QED) is 0.302. The van der Waals surface area contributed by atoms with Gasteiger partial charge in [-0.25, -0.2) is 4.79 Å². The number of rotatable bonds is 7. The van der Waals surface area contributed by atoms with Crippen LogP contribution in [0.1, 0.15) is 28.3 Å². The molecule has 11 heteroatoms. The summed E-state index contributed by atoms with van der Waals surface area (Å²) in [6.07, 6.45) is -0.0221. The number of amides is 1. The van der Waals surface area contributed by atoms with Crippen molar-refractivity contribution >= 4 is 19.0 Å². The van der Waals surface area contributed by atoms with E-state index in [0.717, 1.165) is 0 Å². The Bertz CT molecular complexity index is 752. The van der Waals surface area contributed by atoms with Crippen molar-refractivity contribution in [3.63, 3.8) is 0 Å². The zero-order chi connectivity index (χ0) is 19.9. The van der Waals surface area contributed by atoms with Crippen molar-refractivity contribution in [2.45, 2.75) is 30.3 Å². The molecule has 1 amide bonds. The van der Waals surface area contributed by atoms with E-state index in [1.54, 1.807) is 0 Å². The van der Waals surface area contributed by atoms with Crippen molar-refractivity contribution in [1.29, 1.82) is 0 Å². The number of aromatic carboxylic acids is 1. The predicted molar refractivity (Wildman–Crippen MR) is 92.4 cm³/mol. The Balaban J connectivity index is 1.71. The Hall–Kier alpha value is -2.34. The molecule has 0 radical (unpaired) electrons. The summed E-state index contributed by atoms with van der Waals surface area (Å²) in [5.41, 5.74) is 5.39. The second-order valence-corrected chi connectivity index (χ2v) is 6.87. The van der Waals surface area contributed by atoms with Crippen LogP contribution in [0, 0.1) is 0 Å². The molecule has 1 aromatic carbocycles. The summed E-state index contributed by atoms with van der Waals surface area (Å²) in [6.45, 7) is -0.0882. The number of ether oxygens (including phenoxy) is 1. The molecule has 2 fully saturated rings. The van der Waals surface area contributed by atoms with Gasteiger partial charge in [0.25, 0.3) is 0 Å². The third-order valence-corrected chi connectivity index (χ3v) is 4.97. The molecule has 0 spiro atoms. The van der Waals surface area contributed by atoms with Gasteiger partial charge in [0.1, 0.15) is 29.2 Å². The van der Waals surface area contributed by atoms with Gasteiger partial charge in [-0.2, -0.15) is 0 Å². The molecule has 0 bridgehead atoms. The van der Waals surface area contributed by atoms with Gasteiger partial charge < -0.3 is 40.7 Å². The van der Waals surface area contributed by atoms with Gasteiger partial charge in [0.2, 0.25) is 5.91 Å². The smallest absolute Gasteiger partial charge is 0.455 e. The number of aromatic hydroxyl groups is 1. The Morgan fingerprint density at radius 1 is 1.33 bits per heavy atom. The summed E-state index contributed by atoms with van der Waals surface area (Å²) in [5.74, 6) is -3.05. The molecule has 1 aromatic rings. The SMILES string of the molecule is N[C@H](CO)C(=O)N1CC(Oc2ccc(C3C[C@H]3B(O)O)c(O)c2C(=O)O)C1. The summed E-state index contributed by atoms with van der Waals surface area (Å²) in [4.78, 5) is 24.8. The summed E-state index contributed by atoms with van der Waals surface area (Å²) < 4.78 is 5.61. The highest BCUT2D eigenvalue weighted by Crippen LogP contribution is 2.56. The average Bonchev–Trinajstić information content (AvgIpc) is 3.36. The first kappa shape index (κ1) is 19.4. The first-order valence-electron chi connectivity index (χ1n) is 8.51. The number of likely N-dealkylation sites (tertiary alicyclic amines) is 1. The Kier molecular flexibility index (Phi) is 5.29. The lowest BCUT2D eigenvalue weighted by Gasteiger charge is -2.40. The Labute approximate surface area is 154 Å². The van der Waals surface area contributed by atoms with Gasteiger partial charge in [0.15, 0.2) is 0 Å². The number of nitrogens with zero attached hydrogens (tertiary/aromatic N) is 1. The van der Waals surface area contributed by atoms with Gasteiger partial charge in [-0.3, -0.25) is 4.79 Å². The second-order valence-electron chi connectivity index (χ2n) is 6.87. The molecule has 1 saturated heterocycles. The minimum atomic E-state index is -1.53. The van der Waals surface area contributed by atoms with Crippen molar-refractivity contribution < 1.29 is 39.7 Å². The first-order chi connectivity index (χ1) is 12.7. The number of aliphatic hydroxyl groups is 1. The standard InChI is InChI=1S/C16H21BN2O8/c18-11(6-20)15(22)19-4-7(5-19)27-12-2-1-8(9-3-10(9)17(25)26)14(21)13(12)16(23)24/h1-2,7,9-11,20-21,25-26H,3-6,18H2,(H,23,24)/t9?,10-,11-/m1/s1. The molecule has 7 N–H and O–H groups in total. The number of nitrogens with two attached hydrogens (primary N) is 1. The average molecular weight is 380 g/mol. The van der Waals surface area contributed by atoms with Crippen LogP contribution >= 0.6 is 0 Å². The zero-order valence-corrected chi connectivity index (χ0v) is 14.4. The number of hydrogen-bond donors (Lipinski definition) is 6. The molecule has 1 unspecified atom stereocenters. The Morgan fingerprint density at radius 3 is 2.52 bits per heavy atom. The molecule has 3 rings (SSSR count). The van der Waals surface area contributed by atoms with Crippen molar-refractivity contribution in [3.8, 4) is 11.5 Å². The Morgan fingerprint density at radius 2 is 2.00 bits per heavy atom. The van der Waals surface area contributed by atoms with E-state index < -0.39 is 54.9 Å². The molecule has 1 aliphatic heterocycles. The van der Waals surface area contributed by atoms with E-state index in [2.05, 4.69) is 0 Å². The van der Waals surface area contributed by atoms with Gasteiger partial charge in [-0.15, -0.1) is 0 Å². The maximum Gasteiger partial charge on any atom is 0.455 e. The zero-order valence-electron chi connectivity index (χ0n) is 14.4. The highest BCUT2D eigenvalue weighted by atomic mass is 16.5. The maximum absolute atomic E-state index is 11.8. The van der Waals surface area contributed by atoms with Gasteiger partial charge in [-0.1, -0.05) is 6.07 Å². The molecule has 1 saturated carbocycles. The number of hydrogen-bond acceptors (Lipinski definition) is 8. The molecule has 1 aliphatic carbocycles. The summed E-state index contributed by atoms with van der Waals surface area (Å²) in [6, 6.07) is 1.92. The van der Waals surface area contributed by atoms with Gasteiger partial charge >= 0.3 is 13.1 Å². The monoisotopic (exact) mass is 380 g/mol. The molecule has 146 valence electrons. The lowest BCUT2D eigenvalue weighted by atomic mass is 9.81. The highest BCUT2D eigenvalue weighted by Gasteiger charge is 2.48. The minimum Gasteiger partial charge on any atom is -0.507 e. The van der Waals surface area contributed by atoms with Crippen LogP contribution in [-0.2, 0) is 4.79 Å². The summed E-state index contributed by atoms with van der Waals surface area (Å²) in [7, 11) is -1.53. The van der Waals surface area contributed by atoms with Crippen molar-refractivity contribution in [3.05, 3.63) is 23.3 Å². The lowest BCUT2D eigenvalue weighted by Crippen LogP contribution is -2.60. The van der Waals surface area contributed by atoms with E-state index >= 15 is 0 Å². The normalized spacial score (nSPS) is 22.7. The molecule has 1 heterocycles. The number of carbonyl (C=O) groups excluding carboxylic acids is 1. The van der Waals surface area contributed by atoms with Gasteiger partial charge in [-0.05, 0) is 24.0 Å². The third-order valence-electron chi connectivity index (χ3n) is 4.97. The highest BCUT2D eigenvalue weighted by molar-refractivity contribution is 6.44. The topological polar surface area (TPSA) is 174 Å². The first-order valence-corrected chi connectivity index (χ1v) is 8.51. The molecular formula is C16H21BN2O8. The van der Waals surface area contributed by atoms with Crippen molar-refractivity contribution in [2.24, 2.45) is 5.73 Å². The van der Waals surface area contributed by atoms with Crippen LogP contribution in [0.3, 0.4) is 0 Å². The third kappa shape index (κ3) is 3.72. The molecule has 27 heavy (non-hydrogen) atoms. The van der Waals surface area contributed by atoms with Crippen LogP contribution in [0.15, 0.2) is 12.1 Å². The summed E-state index contributed by atoms with van der Waals surface area (Å²) >= 11 is 0. The fraction of sp³-hybridized carbons (Fsp3) is 0.500. The molecule has 10 nitrogen and oxygen atoms in total. The minimum absolute atomic E-state index is 0.0333. The van der Waals surface area contributed by atoms with E-state index in [-0.39, 0.29) is 24.8 Å². The van der Waals surface area contributed by atoms with Crippen molar-refractivity contribution in [1.82, 2.24) is 4.90 Å².